The minimum atomic E-state index is 0.788. The van der Waals surface area contributed by atoms with Crippen molar-refractivity contribution in [1.29, 1.82) is 0 Å². The minimum Gasteiger partial charge on any atom is -0.365 e. The Labute approximate surface area is 118 Å². The van der Waals surface area contributed by atoms with Crippen LogP contribution in [0.3, 0.4) is 0 Å². The Bertz CT molecular complexity index is 562. The zero-order valence-electron chi connectivity index (χ0n) is 10.7. The molecule has 0 fully saturated rings. The predicted molar refractivity (Wildman–Crippen MR) is 80.8 cm³/mol. The summed E-state index contributed by atoms with van der Waals surface area (Å²) in [6.07, 6.45) is 3.05. The van der Waals surface area contributed by atoms with Crippen LogP contribution in [-0.4, -0.2) is 21.5 Å². The van der Waals surface area contributed by atoms with Crippen molar-refractivity contribution in [2.45, 2.75) is 19.5 Å². The summed E-state index contributed by atoms with van der Waals surface area (Å²) in [7, 11) is 0. The molecule has 0 atom stereocenters. The lowest BCUT2D eigenvalue weighted by Crippen LogP contribution is -2.42. The number of fused-ring (bicyclic) bond motifs is 1. The summed E-state index contributed by atoms with van der Waals surface area (Å²) in [6, 6.07) is 12.5. The first-order valence-electron chi connectivity index (χ1n) is 6.55. The molecule has 0 amide bonds. The molecule has 2 aromatic rings. The summed E-state index contributed by atoms with van der Waals surface area (Å²) in [5, 5.41) is 4.18. The van der Waals surface area contributed by atoms with E-state index in [1.54, 1.807) is 0 Å². The summed E-state index contributed by atoms with van der Waals surface area (Å²) in [4.78, 5) is 5.52. The Morgan fingerprint density at radius 3 is 2.95 bits per heavy atom. The van der Waals surface area contributed by atoms with Crippen LogP contribution in [0.4, 0.5) is 0 Å². The molecule has 0 unspecified atom stereocenters. The number of nitrogens with one attached hydrogen (secondary N) is 2. The fraction of sp³-hybridized carbons (Fsp3) is 0.267. The second kappa shape index (κ2) is 5.45. The predicted octanol–water partition coefficient (Wildman–Crippen LogP) is 2.45. The minimum absolute atomic E-state index is 0.788. The van der Waals surface area contributed by atoms with Gasteiger partial charge in [0.25, 0.3) is 0 Å². The second-order valence-corrected chi connectivity index (χ2v) is 5.18. The van der Waals surface area contributed by atoms with Gasteiger partial charge in [-0.3, -0.25) is 0 Å². The standard InChI is InChI=1S/C15H17N3S/c19-15(17-10-12-4-2-1-3-5-12)18-9-7-14-13(11-18)6-8-16-14/h1-6,8,16H,7,9-11H2,(H,17,19). The highest BCUT2D eigenvalue weighted by atomic mass is 32.1. The van der Waals surface area contributed by atoms with E-state index in [-0.39, 0.29) is 0 Å². The second-order valence-electron chi connectivity index (χ2n) is 4.80. The molecule has 2 heterocycles. The molecule has 98 valence electrons. The number of benzene rings is 1. The third kappa shape index (κ3) is 2.79. The van der Waals surface area contributed by atoms with Gasteiger partial charge in [0.2, 0.25) is 0 Å². The molecule has 4 heteroatoms. The number of nitrogens with zero attached hydrogens (tertiary/aromatic N) is 1. The van der Waals surface area contributed by atoms with E-state index >= 15 is 0 Å². The van der Waals surface area contributed by atoms with Crippen molar-refractivity contribution in [3.8, 4) is 0 Å². The van der Waals surface area contributed by atoms with Gasteiger partial charge in [0, 0.05) is 37.9 Å². The first-order chi connectivity index (χ1) is 9.33. The molecule has 0 saturated carbocycles. The molecule has 3 nitrogen and oxygen atoms in total. The van der Waals surface area contributed by atoms with Gasteiger partial charge in [-0.1, -0.05) is 30.3 Å². The number of rotatable bonds is 2. The van der Waals surface area contributed by atoms with Gasteiger partial charge in [-0.15, -0.1) is 0 Å². The number of thiocarbonyl (C=S) groups is 1. The highest BCUT2D eigenvalue weighted by Crippen LogP contribution is 2.17. The van der Waals surface area contributed by atoms with Gasteiger partial charge in [0.15, 0.2) is 5.11 Å². The topological polar surface area (TPSA) is 31.1 Å². The van der Waals surface area contributed by atoms with Crippen molar-refractivity contribution in [3.63, 3.8) is 0 Å². The van der Waals surface area contributed by atoms with Crippen LogP contribution in [0.2, 0.25) is 0 Å². The van der Waals surface area contributed by atoms with E-state index in [0.29, 0.717) is 0 Å². The van der Waals surface area contributed by atoms with Crippen LogP contribution in [0.25, 0.3) is 0 Å². The Hall–Kier alpha value is -1.81. The van der Waals surface area contributed by atoms with Gasteiger partial charge in [0.05, 0.1) is 0 Å². The van der Waals surface area contributed by atoms with Gasteiger partial charge >= 0.3 is 0 Å². The summed E-state index contributed by atoms with van der Waals surface area (Å²) < 4.78 is 0. The van der Waals surface area contributed by atoms with Crippen LogP contribution in [-0.2, 0) is 19.5 Å². The number of aromatic nitrogens is 1. The van der Waals surface area contributed by atoms with Crippen molar-refractivity contribution in [1.82, 2.24) is 15.2 Å². The van der Waals surface area contributed by atoms with Gasteiger partial charge < -0.3 is 15.2 Å². The first-order valence-corrected chi connectivity index (χ1v) is 6.95. The monoisotopic (exact) mass is 271 g/mol. The lowest BCUT2D eigenvalue weighted by molar-refractivity contribution is 0.385. The first kappa shape index (κ1) is 12.2. The average Bonchev–Trinajstić information content (AvgIpc) is 2.93. The van der Waals surface area contributed by atoms with E-state index < -0.39 is 0 Å². The lowest BCUT2D eigenvalue weighted by Gasteiger charge is -2.29. The Morgan fingerprint density at radius 2 is 2.11 bits per heavy atom. The van der Waals surface area contributed by atoms with E-state index in [1.807, 2.05) is 24.4 Å². The van der Waals surface area contributed by atoms with Crippen LogP contribution < -0.4 is 5.32 Å². The fourth-order valence-corrected chi connectivity index (χ4v) is 2.64. The van der Waals surface area contributed by atoms with Gasteiger partial charge in [-0.05, 0) is 29.4 Å². The normalized spacial score (nSPS) is 14.0. The number of hydrogen-bond donors (Lipinski definition) is 2. The maximum Gasteiger partial charge on any atom is 0.169 e. The SMILES string of the molecule is S=C(NCc1ccccc1)N1CCc2[nH]ccc2C1. The largest absolute Gasteiger partial charge is 0.365 e. The smallest absolute Gasteiger partial charge is 0.169 e. The molecule has 19 heavy (non-hydrogen) atoms. The molecule has 1 aromatic heterocycles. The van der Waals surface area contributed by atoms with E-state index in [2.05, 4.69) is 33.4 Å². The lowest BCUT2D eigenvalue weighted by atomic mass is 10.1. The molecule has 2 N–H and O–H groups in total. The van der Waals surface area contributed by atoms with Crippen molar-refractivity contribution in [2.24, 2.45) is 0 Å². The molecule has 1 aromatic carbocycles. The van der Waals surface area contributed by atoms with Crippen LogP contribution >= 0.6 is 12.2 Å². The molecule has 0 bridgehead atoms. The Balaban J connectivity index is 1.57. The highest BCUT2D eigenvalue weighted by molar-refractivity contribution is 7.80. The molecule has 0 saturated heterocycles. The Kier molecular flexibility index (Phi) is 3.51. The van der Waals surface area contributed by atoms with E-state index in [4.69, 9.17) is 12.2 Å². The maximum atomic E-state index is 5.48. The third-order valence-corrected chi connectivity index (χ3v) is 3.90. The summed E-state index contributed by atoms with van der Waals surface area (Å²) in [5.41, 5.74) is 3.96. The van der Waals surface area contributed by atoms with Gasteiger partial charge in [-0.25, -0.2) is 0 Å². The fourth-order valence-electron chi connectivity index (χ4n) is 2.41. The average molecular weight is 271 g/mol. The maximum absolute atomic E-state index is 5.48. The van der Waals surface area contributed by atoms with Crippen LogP contribution in [0.15, 0.2) is 42.6 Å². The van der Waals surface area contributed by atoms with E-state index in [1.165, 1.54) is 16.8 Å². The summed E-state index contributed by atoms with van der Waals surface area (Å²) >= 11 is 5.48. The molecule has 1 aliphatic heterocycles. The quantitative estimate of drug-likeness (QED) is 0.823. The molecule has 3 rings (SSSR count). The zero-order chi connectivity index (χ0) is 13.1. The van der Waals surface area contributed by atoms with Crippen molar-refractivity contribution >= 4 is 17.3 Å². The molecular formula is C15H17N3S. The molecule has 0 radical (unpaired) electrons. The highest BCUT2D eigenvalue weighted by Gasteiger charge is 2.18. The molecule has 1 aliphatic rings. The van der Waals surface area contributed by atoms with Crippen LogP contribution in [0.1, 0.15) is 16.8 Å². The van der Waals surface area contributed by atoms with Gasteiger partial charge in [0.1, 0.15) is 0 Å². The summed E-state index contributed by atoms with van der Waals surface area (Å²) in [5.74, 6) is 0. The number of hydrogen-bond acceptors (Lipinski definition) is 1. The van der Waals surface area contributed by atoms with Crippen LogP contribution in [0, 0.1) is 0 Å². The molecule has 0 aliphatic carbocycles. The van der Waals surface area contributed by atoms with Crippen molar-refractivity contribution < 1.29 is 0 Å². The van der Waals surface area contributed by atoms with E-state index in [9.17, 15) is 0 Å². The van der Waals surface area contributed by atoms with E-state index in [0.717, 1.165) is 31.2 Å². The third-order valence-electron chi connectivity index (χ3n) is 3.50. The zero-order valence-corrected chi connectivity index (χ0v) is 11.5. The summed E-state index contributed by atoms with van der Waals surface area (Å²) in [6.45, 7) is 2.67. The van der Waals surface area contributed by atoms with Crippen LogP contribution in [0.5, 0.6) is 0 Å². The number of H-pyrrole nitrogens is 1. The van der Waals surface area contributed by atoms with Gasteiger partial charge in [-0.2, -0.15) is 0 Å². The Morgan fingerprint density at radius 1 is 1.26 bits per heavy atom. The van der Waals surface area contributed by atoms with Crippen molar-refractivity contribution in [2.75, 3.05) is 6.54 Å². The van der Waals surface area contributed by atoms with Crippen molar-refractivity contribution in [3.05, 3.63) is 59.4 Å². The molecular weight excluding hydrogens is 254 g/mol. The molecule has 0 spiro atoms. The number of aromatic amines is 1.